The highest BCUT2D eigenvalue weighted by atomic mass is 35.5. The van der Waals surface area contributed by atoms with Gasteiger partial charge < -0.3 is 4.74 Å². The van der Waals surface area contributed by atoms with Crippen LogP contribution in [0.5, 0.6) is 0 Å². The summed E-state index contributed by atoms with van der Waals surface area (Å²) in [4.78, 5) is 12.4. The van der Waals surface area contributed by atoms with Gasteiger partial charge in [-0.05, 0) is 68.1 Å². The molecule has 5 aliphatic rings. The number of epoxide rings is 1. The highest BCUT2D eigenvalue weighted by Crippen LogP contribution is 2.70. The number of rotatable bonds is 0. The summed E-state index contributed by atoms with van der Waals surface area (Å²) in [6, 6.07) is 0. The second-order valence-electron chi connectivity index (χ2n) is 9.34. The Morgan fingerprint density at radius 2 is 1.82 bits per heavy atom. The lowest BCUT2D eigenvalue weighted by Crippen LogP contribution is -2.60. The van der Waals surface area contributed by atoms with Gasteiger partial charge in [0.15, 0.2) is 0 Å². The Bertz CT molecular complexity index is 548. The van der Waals surface area contributed by atoms with E-state index in [4.69, 9.17) is 16.3 Å². The SMILES string of the molecule is C[C@]12CC[C@H]3[C@@H](CC[C@@]4(Cl)C[C@@H]5O[C@@H]5C[C@]34C)[C@@H]1CCC2=O. The fourth-order valence-corrected chi connectivity index (χ4v) is 7.69. The van der Waals surface area contributed by atoms with E-state index in [1.165, 1.54) is 12.8 Å². The van der Waals surface area contributed by atoms with Gasteiger partial charge in [0.2, 0.25) is 0 Å². The van der Waals surface area contributed by atoms with E-state index in [-0.39, 0.29) is 15.7 Å². The maximum Gasteiger partial charge on any atom is 0.139 e. The number of fused-ring (bicyclic) bond motifs is 6. The van der Waals surface area contributed by atoms with Gasteiger partial charge in [-0.25, -0.2) is 0 Å². The van der Waals surface area contributed by atoms with Crippen molar-refractivity contribution in [2.75, 3.05) is 0 Å². The van der Waals surface area contributed by atoms with Crippen molar-refractivity contribution in [1.29, 1.82) is 0 Å². The number of halogens is 1. The van der Waals surface area contributed by atoms with Crippen LogP contribution >= 0.6 is 11.6 Å². The third-order valence-electron chi connectivity index (χ3n) is 8.70. The van der Waals surface area contributed by atoms with Crippen LogP contribution in [0, 0.1) is 28.6 Å². The molecule has 0 spiro atoms. The first-order chi connectivity index (χ1) is 10.4. The van der Waals surface area contributed by atoms with Crippen molar-refractivity contribution in [3.63, 3.8) is 0 Å². The first kappa shape index (κ1) is 14.3. The van der Waals surface area contributed by atoms with Gasteiger partial charge in [0.05, 0.1) is 17.1 Å². The van der Waals surface area contributed by atoms with Gasteiger partial charge in [0.1, 0.15) is 5.78 Å². The van der Waals surface area contributed by atoms with Gasteiger partial charge in [0.25, 0.3) is 0 Å². The summed E-state index contributed by atoms with van der Waals surface area (Å²) >= 11 is 7.22. The number of ether oxygens (including phenoxy) is 1. The van der Waals surface area contributed by atoms with Crippen LogP contribution in [0.15, 0.2) is 0 Å². The highest BCUT2D eigenvalue weighted by Gasteiger charge is 2.68. The van der Waals surface area contributed by atoms with E-state index in [1.54, 1.807) is 0 Å². The third kappa shape index (κ3) is 1.55. The standard InChI is InChI=1S/C19H27ClO2/c1-17-7-6-13-11(12(17)3-4-16(17)21)5-8-19(20)10-15-14(22-15)9-18(13,19)2/h11-15H,3-10H2,1-2H3/t11-,12-,13-,14+,15-,17-,18+,19+/m0/s1. The highest BCUT2D eigenvalue weighted by molar-refractivity contribution is 6.24. The molecule has 4 aliphatic carbocycles. The quantitative estimate of drug-likeness (QED) is 0.490. The molecular weight excluding hydrogens is 296 g/mol. The van der Waals surface area contributed by atoms with E-state index in [1.807, 2.05) is 0 Å². The molecule has 0 aromatic heterocycles. The zero-order chi connectivity index (χ0) is 15.3. The van der Waals surface area contributed by atoms with Crippen molar-refractivity contribution >= 4 is 17.4 Å². The summed E-state index contributed by atoms with van der Waals surface area (Å²) in [6.45, 7) is 4.71. The molecule has 0 aromatic rings. The van der Waals surface area contributed by atoms with Crippen molar-refractivity contribution in [3.05, 3.63) is 0 Å². The van der Waals surface area contributed by atoms with Crippen LogP contribution in [0.4, 0.5) is 0 Å². The van der Waals surface area contributed by atoms with E-state index in [9.17, 15) is 4.79 Å². The Balaban J connectivity index is 1.52. The van der Waals surface area contributed by atoms with E-state index in [2.05, 4.69) is 13.8 Å². The number of carbonyl (C=O) groups is 1. The molecule has 22 heavy (non-hydrogen) atoms. The first-order valence-corrected chi connectivity index (χ1v) is 9.63. The molecule has 0 radical (unpaired) electrons. The minimum absolute atomic E-state index is 0.0167. The second kappa shape index (κ2) is 4.11. The molecule has 5 fully saturated rings. The number of hydrogen-bond donors (Lipinski definition) is 0. The molecule has 8 atom stereocenters. The van der Waals surface area contributed by atoms with Crippen LogP contribution in [0.2, 0.25) is 0 Å². The monoisotopic (exact) mass is 322 g/mol. The Kier molecular flexibility index (Phi) is 2.67. The van der Waals surface area contributed by atoms with Gasteiger partial charge in [-0.15, -0.1) is 11.6 Å². The normalized spacial score (nSPS) is 62.7. The topological polar surface area (TPSA) is 29.6 Å². The first-order valence-electron chi connectivity index (χ1n) is 9.25. The average molecular weight is 323 g/mol. The summed E-state index contributed by atoms with van der Waals surface area (Å²) in [6.07, 6.45) is 9.73. The molecule has 1 heterocycles. The summed E-state index contributed by atoms with van der Waals surface area (Å²) in [5.41, 5.74) is 0.194. The van der Waals surface area contributed by atoms with Crippen molar-refractivity contribution in [2.45, 2.75) is 82.3 Å². The molecule has 2 nitrogen and oxygen atoms in total. The summed E-state index contributed by atoms with van der Waals surface area (Å²) in [5, 5.41) is 0. The van der Waals surface area contributed by atoms with E-state index in [0.717, 1.165) is 44.4 Å². The third-order valence-corrected chi connectivity index (χ3v) is 9.47. The lowest BCUT2D eigenvalue weighted by atomic mass is 9.45. The summed E-state index contributed by atoms with van der Waals surface area (Å²) in [5.74, 6) is 2.58. The van der Waals surface area contributed by atoms with Crippen molar-refractivity contribution < 1.29 is 9.53 Å². The second-order valence-corrected chi connectivity index (χ2v) is 10.1. The fourth-order valence-electron chi connectivity index (χ4n) is 7.21. The molecule has 0 N–H and O–H groups in total. The van der Waals surface area contributed by atoms with Gasteiger partial charge >= 0.3 is 0 Å². The Morgan fingerprint density at radius 1 is 1.05 bits per heavy atom. The summed E-state index contributed by atoms with van der Waals surface area (Å²) < 4.78 is 5.86. The van der Waals surface area contributed by atoms with Gasteiger partial charge in [-0.3, -0.25) is 4.79 Å². The Hall–Kier alpha value is -0.0800. The molecule has 0 unspecified atom stereocenters. The lowest BCUT2D eigenvalue weighted by molar-refractivity contribution is -0.136. The molecule has 5 rings (SSSR count). The molecular formula is C19H27ClO2. The zero-order valence-electron chi connectivity index (χ0n) is 13.7. The van der Waals surface area contributed by atoms with Crippen LogP contribution in [-0.4, -0.2) is 22.9 Å². The molecule has 4 saturated carbocycles. The number of Topliss-reactive ketones (excluding diaryl/α,β-unsaturated/α-hetero) is 1. The number of ketones is 1. The predicted octanol–water partition coefficient (Wildman–Crippen LogP) is 4.34. The zero-order valence-corrected chi connectivity index (χ0v) is 14.5. The Labute approximate surface area is 138 Å². The Morgan fingerprint density at radius 3 is 2.64 bits per heavy atom. The van der Waals surface area contributed by atoms with E-state index in [0.29, 0.717) is 29.8 Å². The van der Waals surface area contributed by atoms with Gasteiger partial charge in [-0.1, -0.05) is 13.8 Å². The lowest BCUT2D eigenvalue weighted by Gasteiger charge is -2.62. The molecule has 3 heteroatoms. The smallest absolute Gasteiger partial charge is 0.139 e. The number of hydrogen-bond acceptors (Lipinski definition) is 2. The van der Waals surface area contributed by atoms with Crippen molar-refractivity contribution in [1.82, 2.24) is 0 Å². The van der Waals surface area contributed by atoms with E-state index >= 15 is 0 Å². The largest absolute Gasteiger partial charge is 0.369 e. The minimum atomic E-state index is -0.0534. The van der Waals surface area contributed by atoms with E-state index < -0.39 is 0 Å². The molecule has 0 aromatic carbocycles. The van der Waals surface area contributed by atoms with Crippen molar-refractivity contribution in [3.8, 4) is 0 Å². The van der Waals surface area contributed by atoms with Crippen LogP contribution in [0.1, 0.15) is 65.2 Å². The van der Waals surface area contributed by atoms with Crippen LogP contribution in [0.3, 0.4) is 0 Å². The minimum Gasteiger partial charge on any atom is -0.369 e. The van der Waals surface area contributed by atoms with Crippen LogP contribution in [-0.2, 0) is 9.53 Å². The maximum atomic E-state index is 12.4. The molecule has 1 saturated heterocycles. The predicted molar refractivity (Wildman–Crippen MR) is 85.9 cm³/mol. The summed E-state index contributed by atoms with van der Waals surface area (Å²) in [7, 11) is 0. The van der Waals surface area contributed by atoms with Crippen LogP contribution < -0.4 is 0 Å². The number of carbonyl (C=O) groups excluding carboxylic acids is 1. The fraction of sp³-hybridized carbons (Fsp3) is 0.947. The molecule has 122 valence electrons. The number of alkyl halides is 1. The van der Waals surface area contributed by atoms with Gasteiger partial charge in [-0.2, -0.15) is 0 Å². The van der Waals surface area contributed by atoms with Crippen molar-refractivity contribution in [2.24, 2.45) is 28.6 Å². The average Bonchev–Trinajstić information content (AvgIpc) is 3.12. The molecule has 0 amide bonds. The van der Waals surface area contributed by atoms with Crippen LogP contribution in [0.25, 0.3) is 0 Å². The maximum absolute atomic E-state index is 12.4. The van der Waals surface area contributed by atoms with Gasteiger partial charge in [0, 0.05) is 11.8 Å². The molecule has 0 bridgehead atoms. The molecule has 1 aliphatic heterocycles.